The minimum Gasteiger partial charge on any atom is -0.369 e. The first-order valence-corrected chi connectivity index (χ1v) is 6.90. The number of nitrogens with two attached hydrogens (primary N) is 1. The molecule has 0 bridgehead atoms. The van der Waals surface area contributed by atoms with Crippen LogP contribution in [0.1, 0.15) is 5.56 Å². The smallest absolute Gasteiger partial charge is 0.281 e. The molecule has 0 spiro atoms. The number of hydrogen-bond acceptors (Lipinski definition) is 4. The first-order valence-electron chi connectivity index (χ1n) is 6.90. The van der Waals surface area contributed by atoms with Gasteiger partial charge in [-0.1, -0.05) is 42.5 Å². The summed E-state index contributed by atoms with van der Waals surface area (Å²) in [7, 11) is 0. The third kappa shape index (κ3) is 1.85. The topological polar surface area (TPSA) is 89.6 Å². The zero-order valence-electron chi connectivity index (χ0n) is 11.7. The van der Waals surface area contributed by atoms with E-state index in [1.54, 1.807) is 0 Å². The Kier molecular flexibility index (Phi) is 2.69. The summed E-state index contributed by atoms with van der Waals surface area (Å²) in [5.74, 6) is 0.164. The lowest BCUT2D eigenvalue weighted by Gasteiger charge is -2.11. The highest BCUT2D eigenvalue weighted by Gasteiger charge is 2.12. The van der Waals surface area contributed by atoms with Crippen molar-refractivity contribution in [2.75, 3.05) is 5.73 Å². The highest BCUT2D eigenvalue weighted by atomic mass is 16.1. The van der Waals surface area contributed by atoms with Crippen LogP contribution in [0.2, 0.25) is 0 Å². The second kappa shape index (κ2) is 4.70. The van der Waals surface area contributed by atoms with Gasteiger partial charge in [-0.2, -0.15) is 4.98 Å². The molecule has 0 saturated carbocycles. The van der Waals surface area contributed by atoms with E-state index < -0.39 is 0 Å². The number of anilines is 1. The molecule has 0 radical (unpaired) electrons. The first-order chi connectivity index (χ1) is 10.7. The van der Waals surface area contributed by atoms with Gasteiger partial charge in [-0.3, -0.25) is 9.36 Å². The van der Waals surface area contributed by atoms with Crippen LogP contribution in [0.25, 0.3) is 21.9 Å². The van der Waals surface area contributed by atoms with Crippen molar-refractivity contribution < 1.29 is 0 Å². The second-order valence-corrected chi connectivity index (χ2v) is 5.10. The SMILES string of the molecule is Nc1nc2nc[nH]c2c(=O)n1Cc1cccc2ccccc12. The number of benzene rings is 2. The average Bonchev–Trinajstić information content (AvgIpc) is 3.00. The maximum Gasteiger partial charge on any atom is 0.281 e. The van der Waals surface area contributed by atoms with Gasteiger partial charge in [-0.25, -0.2) is 4.98 Å². The lowest BCUT2D eigenvalue weighted by molar-refractivity contribution is 0.766. The fourth-order valence-corrected chi connectivity index (χ4v) is 2.69. The summed E-state index contributed by atoms with van der Waals surface area (Å²) in [5, 5.41) is 2.23. The molecular weight excluding hydrogens is 278 g/mol. The Bertz CT molecular complexity index is 1040. The summed E-state index contributed by atoms with van der Waals surface area (Å²) in [5.41, 5.74) is 7.46. The number of nitrogens with zero attached hydrogens (tertiary/aromatic N) is 3. The van der Waals surface area contributed by atoms with Crippen molar-refractivity contribution >= 4 is 27.9 Å². The number of hydrogen-bond donors (Lipinski definition) is 2. The summed E-state index contributed by atoms with van der Waals surface area (Å²) in [6, 6.07) is 14.1. The summed E-state index contributed by atoms with van der Waals surface area (Å²) in [6.07, 6.45) is 1.45. The molecule has 2 aromatic heterocycles. The molecule has 0 fully saturated rings. The monoisotopic (exact) mass is 291 g/mol. The van der Waals surface area contributed by atoms with Gasteiger partial charge in [-0.15, -0.1) is 0 Å². The summed E-state index contributed by atoms with van der Waals surface area (Å²) >= 11 is 0. The van der Waals surface area contributed by atoms with Crippen molar-refractivity contribution in [1.82, 2.24) is 19.5 Å². The van der Waals surface area contributed by atoms with Crippen molar-refractivity contribution in [3.8, 4) is 0 Å². The molecule has 6 heteroatoms. The van der Waals surface area contributed by atoms with Gasteiger partial charge in [-0.05, 0) is 16.3 Å². The van der Waals surface area contributed by atoms with Gasteiger partial charge in [0.1, 0.15) is 0 Å². The van der Waals surface area contributed by atoms with Gasteiger partial charge >= 0.3 is 0 Å². The van der Waals surface area contributed by atoms with Gasteiger partial charge in [0.25, 0.3) is 5.56 Å². The van der Waals surface area contributed by atoms with Gasteiger partial charge in [0.15, 0.2) is 11.2 Å². The van der Waals surface area contributed by atoms with Crippen LogP contribution in [0.3, 0.4) is 0 Å². The van der Waals surface area contributed by atoms with E-state index in [0.717, 1.165) is 16.3 Å². The van der Waals surface area contributed by atoms with E-state index in [9.17, 15) is 4.79 Å². The van der Waals surface area contributed by atoms with Crippen LogP contribution in [0.15, 0.2) is 53.6 Å². The first kappa shape index (κ1) is 12.6. The fraction of sp³-hybridized carbons (Fsp3) is 0.0625. The van der Waals surface area contributed by atoms with Crippen LogP contribution in [0.4, 0.5) is 5.95 Å². The minimum atomic E-state index is -0.215. The van der Waals surface area contributed by atoms with E-state index in [2.05, 4.69) is 15.0 Å². The van der Waals surface area contributed by atoms with Gasteiger partial charge < -0.3 is 10.7 Å². The minimum absolute atomic E-state index is 0.164. The van der Waals surface area contributed by atoms with Crippen LogP contribution in [-0.4, -0.2) is 19.5 Å². The Morgan fingerprint density at radius 2 is 1.95 bits per heavy atom. The lowest BCUT2D eigenvalue weighted by atomic mass is 10.0. The Balaban J connectivity index is 1.91. The van der Waals surface area contributed by atoms with E-state index in [-0.39, 0.29) is 11.5 Å². The third-order valence-electron chi connectivity index (χ3n) is 3.78. The maximum atomic E-state index is 12.5. The Hall–Kier alpha value is -3.15. The summed E-state index contributed by atoms with van der Waals surface area (Å²) in [6.45, 7) is 0.369. The second-order valence-electron chi connectivity index (χ2n) is 5.10. The summed E-state index contributed by atoms with van der Waals surface area (Å²) in [4.78, 5) is 23.5. The largest absolute Gasteiger partial charge is 0.369 e. The van der Waals surface area contributed by atoms with E-state index in [0.29, 0.717) is 17.7 Å². The third-order valence-corrected chi connectivity index (χ3v) is 3.78. The quantitative estimate of drug-likeness (QED) is 0.590. The Morgan fingerprint density at radius 3 is 2.86 bits per heavy atom. The number of imidazole rings is 1. The number of aromatic amines is 1. The fourth-order valence-electron chi connectivity index (χ4n) is 2.69. The van der Waals surface area contributed by atoms with E-state index in [1.807, 2.05) is 42.5 Å². The molecule has 2 heterocycles. The number of rotatable bonds is 2. The van der Waals surface area contributed by atoms with Crippen molar-refractivity contribution in [3.05, 3.63) is 64.7 Å². The normalized spacial score (nSPS) is 11.3. The number of fused-ring (bicyclic) bond motifs is 2. The number of aromatic nitrogens is 4. The number of nitrogens with one attached hydrogen (secondary N) is 1. The van der Waals surface area contributed by atoms with Crippen molar-refractivity contribution in [1.29, 1.82) is 0 Å². The molecule has 0 aliphatic heterocycles. The molecule has 3 N–H and O–H groups in total. The molecule has 4 rings (SSSR count). The standard InChI is InChI=1S/C16H13N5O/c17-16-20-14-13(18-9-19-14)15(22)21(16)8-11-6-3-5-10-4-1-2-7-12(10)11/h1-7,9H,8H2,(H2,17,20)(H,18,19). The van der Waals surface area contributed by atoms with Gasteiger partial charge in [0.2, 0.25) is 5.95 Å². The molecule has 4 aromatic rings. The van der Waals surface area contributed by atoms with Crippen LogP contribution in [-0.2, 0) is 6.54 Å². The highest BCUT2D eigenvalue weighted by Crippen LogP contribution is 2.19. The summed E-state index contributed by atoms with van der Waals surface area (Å²) < 4.78 is 1.46. The lowest BCUT2D eigenvalue weighted by Crippen LogP contribution is -2.25. The molecule has 0 aliphatic carbocycles. The van der Waals surface area contributed by atoms with Crippen LogP contribution in [0, 0.1) is 0 Å². The highest BCUT2D eigenvalue weighted by molar-refractivity contribution is 5.85. The van der Waals surface area contributed by atoms with Crippen molar-refractivity contribution in [2.24, 2.45) is 0 Å². The maximum absolute atomic E-state index is 12.5. The van der Waals surface area contributed by atoms with Gasteiger partial charge in [0, 0.05) is 0 Å². The molecule has 0 aliphatic rings. The molecule has 0 unspecified atom stereocenters. The molecule has 0 atom stereocenters. The van der Waals surface area contributed by atoms with E-state index in [1.165, 1.54) is 10.9 Å². The van der Waals surface area contributed by atoms with Crippen molar-refractivity contribution in [2.45, 2.75) is 6.54 Å². The Morgan fingerprint density at radius 1 is 1.14 bits per heavy atom. The molecule has 0 saturated heterocycles. The number of nitrogen functional groups attached to an aromatic ring is 1. The van der Waals surface area contributed by atoms with Gasteiger partial charge in [0.05, 0.1) is 12.9 Å². The Labute approximate surface area is 125 Å². The zero-order valence-corrected chi connectivity index (χ0v) is 11.7. The zero-order chi connectivity index (χ0) is 15.1. The van der Waals surface area contributed by atoms with Crippen LogP contribution < -0.4 is 11.3 Å². The molecule has 6 nitrogen and oxygen atoms in total. The average molecular weight is 291 g/mol. The number of H-pyrrole nitrogens is 1. The van der Waals surface area contributed by atoms with Crippen molar-refractivity contribution in [3.63, 3.8) is 0 Å². The van der Waals surface area contributed by atoms with Crippen LogP contribution in [0.5, 0.6) is 0 Å². The van der Waals surface area contributed by atoms with E-state index >= 15 is 0 Å². The predicted octanol–water partition coefficient (Wildman–Crippen LogP) is 1.90. The molecule has 108 valence electrons. The van der Waals surface area contributed by atoms with Crippen LogP contribution >= 0.6 is 0 Å². The molecule has 0 amide bonds. The molecule has 22 heavy (non-hydrogen) atoms. The predicted molar refractivity (Wildman–Crippen MR) is 85.6 cm³/mol. The van der Waals surface area contributed by atoms with E-state index in [4.69, 9.17) is 5.73 Å². The molecular formula is C16H13N5O. The molecule has 2 aromatic carbocycles.